The molecule has 0 radical (unpaired) electrons. The number of rotatable bonds is 3. The average molecular weight is 541 g/mol. The lowest BCUT2D eigenvalue weighted by molar-refractivity contribution is 0.353. The Morgan fingerprint density at radius 2 is 1.29 bits per heavy atom. The fraction of sp³-hybridized carbons (Fsp3) is 0.158. The van der Waals surface area contributed by atoms with Gasteiger partial charge >= 0.3 is 0 Å². The Hall–Kier alpha value is -5.14. The summed E-state index contributed by atoms with van der Waals surface area (Å²) in [6.45, 7) is 0. The molecule has 6 aromatic rings. The van der Waals surface area contributed by atoms with Crippen LogP contribution in [0.15, 0.2) is 109 Å². The average Bonchev–Trinajstić information content (AvgIpc) is 3.33. The van der Waals surface area contributed by atoms with Crippen molar-refractivity contribution in [3.8, 4) is 51.4 Å². The van der Waals surface area contributed by atoms with E-state index in [1.54, 1.807) is 0 Å². The van der Waals surface area contributed by atoms with E-state index < -0.39 is 0 Å². The van der Waals surface area contributed by atoms with E-state index >= 15 is 0 Å². The molecule has 8 rings (SSSR count). The van der Waals surface area contributed by atoms with E-state index in [4.69, 9.17) is 15.0 Å². The van der Waals surface area contributed by atoms with Crippen LogP contribution in [0, 0.1) is 11.3 Å². The van der Waals surface area contributed by atoms with Gasteiger partial charge in [-0.3, -0.25) is 0 Å². The second-order valence-corrected chi connectivity index (χ2v) is 11.5. The molecule has 1 fully saturated rings. The van der Waals surface area contributed by atoms with Crippen LogP contribution in [0.3, 0.4) is 0 Å². The van der Waals surface area contributed by atoms with Crippen molar-refractivity contribution in [2.45, 2.75) is 37.5 Å². The zero-order chi connectivity index (χ0) is 28.1. The lowest BCUT2D eigenvalue weighted by Gasteiger charge is -2.36. The Balaban J connectivity index is 1.38. The fourth-order valence-corrected chi connectivity index (χ4v) is 7.16. The Bertz CT molecular complexity index is 2030. The van der Waals surface area contributed by atoms with E-state index in [1.807, 2.05) is 24.3 Å². The number of nitrogens with zero attached hydrogens (tertiary/aromatic N) is 4. The predicted octanol–water partition coefficient (Wildman–Crippen LogP) is 9.13. The monoisotopic (exact) mass is 540 g/mol. The minimum atomic E-state index is -0.0672. The van der Waals surface area contributed by atoms with E-state index in [2.05, 4.69) is 91.0 Å². The highest BCUT2D eigenvalue weighted by atomic mass is 15.0. The van der Waals surface area contributed by atoms with Gasteiger partial charge in [0, 0.05) is 22.1 Å². The molecule has 0 aliphatic heterocycles. The van der Waals surface area contributed by atoms with Gasteiger partial charge in [0.05, 0.1) is 11.6 Å². The first kappa shape index (κ1) is 24.6. The first-order valence-corrected chi connectivity index (χ1v) is 14.7. The van der Waals surface area contributed by atoms with Gasteiger partial charge in [-0.25, -0.2) is 15.0 Å². The molecular weight excluding hydrogens is 512 g/mol. The van der Waals surface area contributed by atoms with E-state index in [0.29, 0.717) is 17.5 Å². The maximum absolute atomic E-state index is 9.77. The molecule has 2 aliphatic rings. The summed E-state index contributed by atoms with van der Waals surface area (Å²) in [6.07, 6.45) is 5.83. The third kappa shape index (κ3) is 3.85. The van der Waals surface area contributed by atoms with Gasteiger partial charge in [0.25, 0.3) is 0 Å². The standard InChI is InChI=1S/C38H28N4/c39-24-25-16-19-30-33(22-25)38(20-7-2-8-21-38)32-15-9-14-31(34(30)32)37-41-35(27-11-3-1-4-12-27)40-36(42-37)29-18-17-26-10-5-6-13-28(26)23-29/h1,3-6,9-19,22-23H,2,7-8,20-21H2. The number of benzene rings is 5. The number of nitriles is 1. The van der Waals surface area contributed by atoms with Crippen molar-refractivity contribution in [1.82, 2.24) is 15.0 Å². The van der Waals surface area contributed by atoms with E-state index in [-0.39, 0.29) is 5.41 Å². The molecule has 4 nitrogen and oxygen atoms in total. The summed E-state index contributed by atoms with van der Waals surface area (Å²) >= 11 is 0. The van der Waals surface area contributed by atoms with Crippen molar-refractivity contribution in [3.05, 3.63) is 126 Å². The molecule has 1 spiro atoms. The number of hydrogen-bond donors (Lipinski definition) is 0. The second kappa shape index (κ2) is 9.75. The van der Waals surface area contributed by atoms with Crippen LogP contribution in [-0.2, 0) is 5.41 Å². The van der Waals surface area contributed by atoms with Crippen LogP contribution < -0.4 is 0 Å². The smallest absolute Gasteiger partial charge is 0.164 e. The Morgan fingerprint density at radius 3 is 2.10 bits per heavy atom. The summed E-state index contributed by atoms with van der Waals surface area (Å²) in [7, 11) is 0. The maximum atomic E-state index is 9.77. The third-order valence-electron chi connectivity index (χ3n) is 9.14. The van der Waals surface area contributed by atoms with Crippen molar-refractivity contribution >= 4 is 10.8 Å². The molecule has 42 heavy (non-hydrogen) atoms. The minimum Gasteiger partial charge on any atom is -0.208 e. The van der Waals surface area contributed by atoms with Crippen LogP contribution in [0.5, 0.6) is 0 Å². The molecule has 2 aliphatic carbocycles. The normalized spacial score (nSPS) is 14.8. The molecule has 0 N–H and O–H groups in total. The highest BCUT2D eigenvalue weighted by Crippen LogP contribution is 2.57. The van der Waals surface area contributed by atoms with Crippen LogP contribution in [0.25, 0.3) is 56.1 Å². The molecule has 5 aromatic carbocycles. The van der Waals surface area contributed by atoms with E-state index in [0.717, 1.165) is 40.5 Å². The topological polar surface area (TPSA) is 62.5 Å². The van der Waals surface area contributed by atoms with Gasteiger partial charge in [-0.2, -0.15) is 5.26 Å². The quantitative estimate of drug-likeness (QED) is 0.225. The van der Waals surface area contributed by atoms with Gasteiger partial charge in [-0.15, -0.1) is 0 Å². The number of hydrogen-bond acceptors (Lipinski definition) is 4. The Morgan fingerprint density at radius 1 is 0.548 bits per heavy atom. The summed E-state index contributed by atoms with van der Waals surface area (Å²) < 4.78 is 0. The van der Waals surface area contributed by atoms with Gasteiger partial charge in [-0.05, 0) is 64.1 Å². The van der Waals surface area contributed by atoms with Crippen LogP contribution in [0.4, 0.5) is 0 Å². The molecule has 0 bridgehead atoms. The van der Waals surface area contributed by atoms with Gasteiger partial charge in [0.1, 0.15) is 0 Å². The summed E-state index contributed by atoms with van der Waals surface area (Å²) in [4.78, 5) is 15.2. The van der Waals surface area contributed by atoms with E-state index in [9.17, 15) is 5.26 Å². The maximum Gasteiger partial charge on any atom is 0.164 e. The zero-order valence-corrected chi connectivity index (χ0v) is 23.2. The zero-order valence-electron chi connectivity index (χ0n) is 23.2. The third-order valence-corrected chi connectivity index (χ3v) is 9.14. The molecule has 0 unspecified atom stereocenters. The first-order valence-electron chi connectivity index (χ1n) is 14.7. The lowest BCUT2D eigenvalue weighted by atomic mass is 9.67. The van der Waals surface area contributed by atoms with Crippen LogP contribution in [0.2, 0.25) is 0 Å². The largest absolute Gasteiger partial charge is 0.208 e. The fourth-order valence-electron chi connectivity index (χ4n) is 7.16. The molecule has 1 saturated carbocycles. The highest BCUT2D eigenvalue weighted by Gasteiger charge is 2.45. The van der Waals surface area contributed by atoms with Gasteiger partial charge in [0.2, 0.25) is 0 Å². The van der Waals surface area contributed by atoms with Crippen molar-refractivity contribution in [2.75, 3.05) is 0 Å². The molecule has 0 saturated heterocycles. The summed E-state index contributed by atoms with van der Waals surface area (Å²) in [5, 5.41) is 12.1. The van der Waals surface area contributed by atoms with Crippen LogP contribution >= 0.6 is 0 Å². The van der Waals surface area contributed by atoms with Gasteiger partial charge in [-0.1, -0.05) is 110 Å². The van der Waals surface area contributed by atoms with Gasteiger partial charge < -0.3 is 0 Å². The van der Waals surface area contributed by atoms with E-state index in [1.165, 1.54) is 46.9 Å². The molecule has 0 atom stereocenters. The summed E-state index contributed by atoms with van der Waals surface area (Å²) in [5.74, 6) is 1.99. The lowest BCUT2D eigenvalue weighted by Crippen LogP contribution is -2.28. The van der Waals surface area contributed by atoms with Crippen molar-refractivity contribution in [3.63, 3.8) is 0 Å². The van der Waals surface area contributed by atoms with Crippen molar-refractivity contribution < 1.29 is 0 Å². The molecule has 1 aromatic heterocycles. The number of aromatic nitrogens is 3. The SMILES string of the molecule is N#Cc1ccc2c(c1)C1(CCCCC1)c1cccc(-c3nc(-c4ccccc4)nc(-c4ccc5ccccc5c4)n3)c1-2. The van der Waals surface area contributed by atoms with Crippen molar-refractivity contribution in [2.24, 2.45) is 0 Å². The molecule has 1 heterocycles. The van der Waals surface area contributed by atoms with Crippen molar-refractivity contribution in [1.29, 1.82) is 5.26 Å². The van der Waals surface area contributed by atoms with Crippen LogP contribution in [-0.4, -0.2) is 15.0 Å². The second-order valence-electron chi connectivity index (χ2n) is 11.5. The van der Waals surface area contributed by atoms with Crippen LogP contribution in [0.1, 0.15) is 48.8 Å². The first-order chi connectivity index (χ1) is 20.7. The minimum absolute atomic E-state index is 0.0672. The molecule has 0 amide bonds. The molecular formula is C38H28N4. The summed E-state index contributed by atoms with van der Waals surface area (Å²) in [5.41, 5.74) is 8.63. The molecule has 4 heteroatoms. The summed E-state index contributed by atoms with van der Waals surface area (Å²) in [6, 6.07) is 40.1. The Labute approximate surface area is 245 Å². The van der Waals surface area contributed by atoms with Gasteiger partial charge in [0.15, 0.2) is 17.5 Å². The highest BCUT2D eigenvalue weighted by molar-refractivity contribution is 5.92. The predicted molar refractivity (Wildman–Crippen MR) is 168 cm³/mol. The number of fused-ring (bicyclic) bond motifs is 6. The molecule has 200 valence electrons. The Kier molecular flexibility index (Phi) is 5.72.